The number of benzene rings is 1. The van der Waals surface area contributed by atoms with Crippen LogP contribution in [0.3, 0.4) is 0 Å². The number of anilines is 1. The van der Waals surface area contributed by atoms with Crippen LogP contribution in [-0.2, 0) is 16.0 Å². The molecule has 0 radical (unpaired) electrons. The maximum atomic E-state index is 12.0. The highest BCUT2D eigenvalue weighted by atomic mass is 79.9. The lowest BCUT2D eigenvalue weighted by Crippen LogP contribution is -2.21. The normalized spacial score (nSPS) is 10.4. The smallest absolute Gasteiger partial charge is 0.348 e. The number of carbonyl (C=O) groups excluding carboxylic acids is 2. The predicted molar refractivity (Wildman–Crippen MR) is 99.2 cm³/mol. The molecule has 122 valence electrons. The third kappa shape index (κ3) is 4.65. The van der Waals surface area contributed by atoms with Gasteiger partial charge in [0.25, 0.3) is 5.91 Å². The SMILES string of the molecule is CCc1cccc(C)c1NC(=O)COC(=O)c1cc(Br)c(Br)s1. The fraction of sp³-hybridized carbons (Fsp3) is 0.250. The van der Waals surface area contributed by atoms with Crippen LogP contribution in [0.5, 0.6) is 0 Å². The van der Waals surface area contributed by atoms with Crippen molar-refractivity contribution in [3.05, 3.63) is 48.5 Å². The molecular formula is C16H15Br2NO3S. The molecule has 1 aromatic carbocycles. The van der Waals surface area contributed by atoms with Gasteiger partial charge in [0.05, 0.1) is 3.79 Å². The van der Waals surface area contributed by atoms with E-state index in [1.165, 1.54) is 11.3 Å². The summed E-state index contributed by atoms with van der Waals surface area (Å²) in [6.07, 6.45) is 0.814. The van der Waals surface area contributed by atoms with Crippen molar-refractivity contribution < 1.29 is 14.3 Å². The summed E-state index contributed by atoms with van der Waals surface area (Å²) in [4.78, 5) is 24.4. The van der Waals surface area contributed by atoms with E-state index in [9.17, 15) is 9.59 Å². The second-order valence-corrected chi connectivity index (χ2v) is 8.04. The number of hydrogen-bond donors (Lipinski definition) is 1. The molecule has 0 spiro atoms. The van der Waals surface area contributed by atoms with E-state index in [4.69, 9.17) is 4.74 Å². The lowest BCUT2D eigenvalue weighted by atomic mass is 10.1. The van der Waals surface area contributed by atoms with Gasteiger partial charge in [-0.1, -0.05) is 25.1 Å². The van der Waals surface area contributed by atoms with Crippen molar-refractivity contribution in [3.63, 3.8) is 0 Å². The van der Waals surface area contributed by atoms with Crippen LogP contribution in [-0.4, -0.2) is 18.5 Å². The monoisotopic (exact) mass is 459 g/mol. The van der Waals surface area contributed by atoms with Crippen molar-refractivity contribution in [1.29, 1.82) is 0 Å². The first-order valence-corrected chi connectivity index (χ1v) is 9.33. The minimum Gasteiger partial charge on any atom is -0.451 e. The maximum absolute atomic E-state index is 12.0. The Bertz CT molecular complexity index is 723. The molecule has 0 fully saturated rings. The lowest BCUT2D eigenvalue weighted by molar-refractivity contribution is -0.119. The molecule has 1 amide bonds. The van der Waals surface area contributed by atoms with Gasteiger partial charge in [-0.05, 0) is 62.4 Å². The van der Waals surface area contributed by atoms with E-state index in [1.54, 1.807) is 6.07 Å². The largest absolute Gasteiger partial charge is 0.451 e. The molecule has 1 N–H and O–H groups in total. The van der Waals surface area contributed by atoms with Crippen molar-refractivity contribution >= 4 is 60.8 Å². The molecule has 4 nitrogen and oxygen atoms in total. The summed E-state index contributed by atoms with van der Waals surface area (Å²) in [6.45, 7) is 3.64. The van der Waals surface area contributed by atoms with Gasteiger partial charge in [0.1, 0.15) is 4.88 Å². The summed E-state index contributed by atoms with van der Waals surface area (Å²) < 4.78 is 6.65. The number of aryl methyl sites for hydroxylation is 2. The zero-order valence-corrected chi connectivity index (χ0v) is 16.6. The Morgan fingerprint density at radius 3 is 2.65 bits per heavy atom. The maximum Gasteiger partial charge on any atom is 0.348 e. The first-order valence-electron chi connectivity index (χ1n) is 6.92. The summed E-state index contributed by atoms with van der Waals surface area (Å²) in [5.41, 5.74) is 2.82. The molecule has 2 aromatic rings. The molecule has 2 rings (SSSR count). The predicted octanol–water partition coefficient (Wildman–Crippen LogP) is 4.94. The zero-order valence-electron chi connectivity index (χ0n) is 12.6. The molecule has 0 unspecified atom stereocenters. The summed E-state index contributed by atoms with van der Waals surface area (Å²) in [5, 5.41) is 2.82. The second kappa shape index (κ2) is 8.08. The zero-order chi connectivity index (χ0) is 17.0. The quantitative estimate of drug-likeness (QED) is 0.643. The Labute approximate surface area is 155 Å². The van der Waals surface area contributed by atoms with E-state index >= 15 is 0 Å². The van der Waals surface area contributed by atoms with Crippen LogP contribution in [0.2, 0.25) is 0 Å². The highest BCUT2D eigenvalue weighted by Gasteiger charge is 2.16. The third-order valence-corrected chi connectivity index (χ3v) is 6.42. The van der Waals surface area contributed by atoms with Gasteiger partial charge in [0, 0.05) is 10.2 Å². The molecule has 7 heteroatoms. The Hall–Kier alpha value is -1.18. The second-order valence-electron chi connectivity index (χ2n) is 4.82. The fourth-order valence-electron chi connectivity index (χ4n) is 2.03. The summed E-state index contributed by atoms with van der Waals surface area (Å²) in [6, 6.07) is 7.51. The van der Waals surface area contributed by atoms with Gasteiger partial charge in [-0.3, -0.25) is 4.79 Å². The van der Waals surface area contributed by atoms with E-state index in [1.807, 2.05) is 32.0 Å². The number of para-hydroxylation sites is 1. The minimum absolute atomic E-state index is 0.316. The molecule has 0 bridgehead atoms. The number of nitrogens with one attached hydrogen (secondary N) is 1. The Morgan fingerprint density at radius 2 is 2.04 bits per heavy atom. The van der Waals surface area contributed by atoms with Gasteiger partial charge >= 0.3 is 5.97 Å². The number of rotatable bonds is 5. The van der Waals surface area contributed by atoms with Crippen LogP contribution in [0.4, 0.5) is 5.69 Å². The third-order valence-electron chi connectivity index (χ3n) is 3.19. The van der Waals surface area contributed by atoms with Crippen LogP contribution in [0.25, 0.3) is 0 Å². The van der Waals surface area contributed by atoms with Crippen molar-refractivity contribution in [2.45, 2.75) is 20.3 Å². The highest BCUT2D eigenvalue weighted by Crippen LogP contribution is 2.32. The van der Waals surface area contributed by atoms with E-state index in [2.05, 4.69) is 37.2 Å². The van der Waals surface area contributed by atoms with Crippen LogP contribution < -0.4 is 5.32 Å². The van der Waals surface area contributed by atoms with Gasteiger partial charge in [0.15, 0.2) is 6.61 Å². The number of amides is 1. The van der Waals surface area contributed by atoms with Gasteiger partial charge in [-0.2, -0.15) is 0 Å². The lowest BCUT2D eigenvalue weighted by Gasteiger charge is -2.12. The molecule has 1 heterocycles. The number of thiophene rings is 1. The van der Waals surface area contributed by atoms with Gasteiger partial charge in [0.2, 0.25) is 0 Å². The molecule has 0 atom stereocenters. The van der Waals surface area contributed by atoms with Crippen LogP contribution >= 0.6 is 43.2 Å². The molecule has 0 saturated heterocycles. The average molecular weight is 461 g/mol. The van der Waals surface area contributed by atoms with Crippen molar-refractivity contribution in [2.75, 3.05) is 11.9 Å². The summed E-state index contributed by atoms with van der Waals surface area (Å²) in [5.74, 6) is -0.867. The molecule has 0 aliphatic carbocycles. The Kier molecular flexibility index (Phi) is 6.38. The molecule has 0 saturated carbocycles. The topological polar surface area (TPSA) is 55.4 Å². The first-order chi connectivity index (χ1) is 10.9. The highest BCUT2D eigenvalue weighted by molar-refractivity contribution is 9.13. The van der Waals surface area contributed by atoms with Gasteiger partial charge in [-0.25, -0.2) is 4.79 Å². The standard InChI is InChI=1S/C16H15Br2NO3S/c1-3-10-6-4-5-9(2)14(10)19-13(20)8-22-16(21)12-7-11(17)15(18)23-12/h4-7H,3,8H2,1-2H3,(H,19,20). The number of halogens is 2. The number of esters is 1. The number of hydrogen-bond acceptors (Lipinski definition) is 4. The van der Waals surface area contributed by atoms with Crippen molar-refractivity contribution in [1.82, 2.24) is 0 Å². The summed E-state index contributed by atoms with van der Waals surface area (Å²) >= 11 is 7.88. The van der Waals surface area contributed by atoms with E-state index in [0.717, 1.165) is 31.5 Å². The summed E-state index contributed by atoms with van der Waals surface area (Å²) in [7, 11) is 0. The molecule has 23 heavy (non-hydrogen) atoms. The minimum atomic E-state index is -0.517. The Balaban J connectivity index is 1.97. The van der Waals surface area contributed by atoms with Gasteiger partial charge in [-0.15, -0.1) is 11.3 Å². The van der Waals surface area contributed by atoms with E-state index in [0.29, 0.717) is 4.88 Å². The van der Waals surface area contributed by atoms with Gasteiger partial charge < -0.3 is 10.1 Å². The molecular weight excluding hydrogens is 446 g/mol. The van der Waals surface area contributed by atoms with Crippen molar-refractivity contribution in [2.24, 2.45) is 0 Å². The molecule has 0 aliphatic heterocycles. The molecule has 1 aromatic heterocycles. The van der Waals surface area contributed by atoms with Crippen molar-refractivity contribution in [3.8, 4) is 0 Å². The van der Waals surface area contributed by atoms with Crippen LogP contribution in [0.15, 0.2) is 32.5 Å². The number of ether oxygens (including phenoxy) is 1. The Morgan fingerprint density at radius 1 is 1.30 bits per heavy atom. The first kappa shape index (κ1) is 18.2. The van der Waals surface area contributed by atoms with E-state index in [-0.39, 0.29) is 12.5 Å². The van der Waals surface area contributed by atoms with Crippen LogP contribution in [0, 0.1) is 6.92 Å². The average Bonchev–Trinajstić information content (AvgIpc) is 2.86. The fourth-order valence-corrected chi connectivity index (χ4v) is 3.96. The van der Waals surface area contributed by atoms with Crippen LogP contribution in [0.1, 0.15) is 27.7 Å². The number of carbonyl (C=O) groups is 2. The van der Waals surface area contributed by atoms with E-state index < -0.39 is 5.97 Å². The molecule has 0 aliphatic rings.